The molecule has 3 rings (SSSR count). The van der Waals surface area contributed by atoms with Crippen molar-refractivity contribution >= 4 is 0 Å². The normalized spacial score (nSPS) is 23.0. The summed E-state index contributed by atoms with van der Waals surface area (Å²) in [5.74, 6) is 5.99. The van der Waals surface area contributed by atoms with E-state index < -0.39 is 0 Å². The topological polar surface area (TPSA) is 0 Å². The van der Waals surface area contributed by atoms with Crippen LogP contribution in [0.4, 0.5) is 0 Å². The summed E-state index contributed by atoms with van der Waals surface area (Å²) in [7, 11) is 0. The summed E-state index contributed by atoms with van der Waals surface area (Å²) in [6.07, 6.45) is 20.9. The Hall–Kier alpha value is 0. The van der Waals surface area contributed by atoms with E-state index in [1.807, 2.05) is 0 Å². The van der Waals surface area contributed by atoms with E-state index in [1.54, 1.807) is 0 Å². The van der Waals surface area contributed by atoms with Gasteiger partial charge in [0.2, 0.25) is 0 Å². The van der Waals surface area contributed by atoms with Crippen LogP contribution in [0.3, 0.4) is 0 Å². The van der Waals surface area contributed by atoms with Gasteiger partial charge in [-0.3, -0.25) is 0 Å². The highest BCUT2D eigenvalue weighted by Crippen LogP contribution is 2.31. The summed E-state index contributed by atoms with van der Waals surface area (Å²) in [6.45, 7) is 14.1. The highest BCUT2D eigenvalue weighted by molar-refractivity contribution is 4.70. The summed E-state index contributed by atoms with van der Waals surface area (Å²) in [5.41, 5.74) is 0. The molecule has 0 heterocycles. The zero-order valence-corrected chi connectivity index (χ0v) is 19.4. The number of rotatable bonds is 3. The summed E-state index contributed by atoms with van der Waals surface area (Å²) in [5, 5.41) is 0. The summed E-state index contributed by atoms with van der Waals surface area (Å²) < 4.78 is 0. The molecule has 0 aromatic heterocycles. The molecule has 3 aliphatic rings. The van der Waals surface area contributed by atoms with Crippen molar-refractivity contribution in [3.63, 3.8) is 0 Å². The van der Waals surface area contributed by atoms with E-state index in [9.17, 15) is 0 Å². The Morgan fingerprint density at radius 3 is 0.692 bits per heavy atom. The van der Waals surface area contributed by atoms with Gasteiger partial charge in [-0.15, -0.1) is 0 Å². The zero-order chi connectivity index (χ0) is 19.4. The van der Waals surface area contributed by atoms with Gasteiger partial charge in [-0.1, -0.05) is 131 Å². The second-order valence-corrected chi connectivity index (χ2v) is 10.6. The van der Waals surface area contributed by atoms with Crippen molar-refractivity contribution in [1.29, 1.82) is 0 Å². The maximum Gasteiger partial charge on any atom is -0.0391 e. The Kier molecular flexibility index (Phi) is 13.0. The van der Waals surface area contributed by atoms with Crippen LogP contribution in [0, 0.1) is 35.5 Å². The second-order valence-electron chi connectivity index (χ2n) is 10.6. The molecule has 0 N–H and O–H groups in total. The van der Waals surface area contributed by atoms with Gasteiger partial charge in [-0.2, -0.15) is 0 Å². The van der Waals surface area contributed by atoms with Crippen LogP contribution in [0.15, 0.2) is 0 Å². The quantitative estimate of drug-likeness (QED) is 0.468. The highest BCUT2D eigenvalue weighted by atomic mass is 14.2. The molecule has 0 aromatic rings. The predicted octanol–water partition coefficient (Wildman–Crippen LogP) is 9.28. The largest absolute Gasteiger partial charge is 0.0625 e. The molecule has 0 saturated heterocycles. The fourth-order valence-corrected chi connectivity index (χ4v) is 5.23. The molecule has 3 aliphatic carbocycles. The smallest absolute Gasteiger partial charge is 0.0391 e. The van der Waals surface area contributed by atoms with E-state index >= 15 is 0 Å². The van der Waals surface area contributed by atoms with E-state index in [0.29, 0.717) is 0 Å². The van der Waals surface area contributed by atoms with Gasteiger partial charge >= 0.3 is 0 Å². The van der Waals surface area contributed by atoms with Crippen molar-refractivity contribution in [1.82, 2.24) is 0 Å². The Morgan fingerprint density at radius 2 is 0.538 bits per heavy atom. The van der Waals surface area contributed by atoms with Gasteiger partial charge in [0.15, 0.2) is 0 Å². The van der Waals surface area contributed by atoms with Crippen LogP contribution in [0.5, 0.6) is 0 Å². The molecule has 0 spiro atoms. The minimum absolute atomic E-state index is 0.935. The van der Waals surface area contributed by atoms with Crippen LogP contribution >= 0.6 is 0 Å². The highest BCUT2D eigenvalue weighted by Gasteiger charge is 2.17. The molecule has 0 nitrogen and oxygen atoms in total. The fourth-order valence-electron chi connectivity index (χ4n) is 5.23. The van der Waals surface area contributed by atoms with Crippen LogP contribution in [-0.4, -0.2) is 0 Å². The third kappa shape index (κ3) is 10.4. The molecule has 3 fully saturated rings. The first-order valence-electron chi connectivity index (χ1n) is 12.4. The van der Waals surface area contributed by atoms with Crippen LogP contribution in [0.25, 0.3) is 0 Å². The van der Waals surface area contributed by atoms with Crippen LogP contribution in [-0.2, 0) is 0 Å². The Morgan fingerprint density at radius 1 is 0.346 bits per heavy atom. The van der Waals surface area contributed by atoms with Gasteiger partial charge < -0.3 is 0 Å². The first-order chi connectivity index (χ1) is 12.4. The van der Waals surface area contributed by atoms with E-state index in [1.165, 1.54) is 89.9 Å². The van der Waals surface area contributed by atoms with Crippen molar-refractivity contribution in [2.45, 2.75) is 131 Å². The maximum atomic E-state index is 2.36. The minimum Gasteiger partial charge on any atom is -0.0625 e. The molecule has 0 aliphatic heterocycles. The van der Waals surface area contributed by atoms with Crippen molar-refractivity contribution in [3.8, 4) is 0 Å². The molecule has 156 valence electrons. The van der Waals surface area contributed by atoms with Crippen molar-refractivity contribution in [2.24, 2.45) is 35.5 Å². The molecule has 0 radical (unpaired) electrons. The second kappa shape index (κ2) is 14.1. The first kappa shape index (κ1) is 24.0. The molecular formula is C26H52. The summed E-state index contributed by atoms with van der Waals surface area (Å²) in [4.78, 5) is 0. The van der Waals surface area contributed by atoms with E-state index in [2.05, 4.69) is 41.5 Å². The number of hydrogen-bond donors (Lipinski definition) is 0. The standard InChI is InChI=1S/2C9H18.C8H16/c2*1-8(2)9-6-4-3-5-7-9;1-7(2)8-5-3-4-6-8/h2*8-9H,3-7H2,1-2H3;7-8H,3-6H2,1-2H3. The van der Waals surface area contributed by atoms with Gasteiger partial charge in [0, 0.05) is 0 Å². The lowest BCUT2D eigenvalue weighted by atomic mass is 9.82. The average Bonchev–Trinajstić information content (AvgIpc) is 3.19. The van der Waals surface area contributed by atoms with E-state index in [-0.39, 0.29) is 0 Å². The Labute approximate surface area is 167 Å². The SMILES string of the molecule is CC(C)C1CCCC1.CC(C)C1CCCCC1.CC(C)C1CCCCC1. The Balaban J connectivity index is 0.000000195. The van der Waals surface area contributed by atoms with Crippen LogP contribution in [0.1, 0.15) is 131 Å². The monoisotopic (exact) mass is 364 g/mol. The summed E-state index contributed by atoms with van der Waals surface area (Å²) >= 11 is 0. The lowest BCUT2D eigenvalue weighted by molar-refractivity contribution is 0.279. The molecule has 0 amide bonds. The molecule has 0 atom stereocenters. The third-order valence-corrected chi connectivity index (χ3v) is 7.53. The summed E-state index contributed by atoms with van der Waals surface area (Å²) in [6, 6.07) is 0. The lowest BCUT2D eigenvalue weighted by Gasteiger charge is -2.24. The van der Waals surface area contributed by atoms with E-state index in [4.69, 9.17) is 0 Å². The molecule has 0 aromatic carbocycles. The van der Waals surface area contributed by atoms with Gasteiger partial charge in [0.25, 0.3) is 0 Å². The van der Waals surface area contributed by atoms with Crippen molar-refractivity contribution in [2.75, 3.05) is 0 Å². The third-order valence-electron chi connectivity index (χ3n) is 7.53. The first-order valence-corrected chi connectivity index (χ1v) is 12.4. The fraction of sp³-hybridized carbons (Fsp3) is 1.00. The van der Waals surface area contributed by atoms with E-state index in [0.717, 1.165) is 35.5 Å². The minimum atomic E-state index is 0.935. The maximum absolute atomic E-state index is 2.36. The van der Waals surface area contributed by atoms with Gasteiger partial charge in [-0.25, -0.2) is 0 Å². The van der Waals surface area contributed by atoms with Gasteiger partial charge in [-0.05, 0) is 35.5 Å². The van der Waals surface area contributed by atoms with Crippen molar-refractivity contribution in [3.05, 3.63) is 0 Å². The molecule has 0 heteroatoms. The van der Waals surface area contributed by atoms with Crippen LogP contribution in [0.2, 0.25) is 0 Å². The number of hydrogen-bond acceptors (Lipinski definition) is 0. The zero-order valence-electron chi connectivity index (χ0n) is 19.4. The van der Waals surface area contributed by atoms with Gasteiger partial charge in [0.05, 0.1) is 0 Å². The van der Waals surface area contributed by atoms with Crippen LogP contribution < -0.4 is 0 Å². The molecule has 3 saturated carbocycles. The predicted molar refractivity (Wildman–Crippen MR) is 120 cm³/mol. The lowest BCUT2D eigenvalue weighted by Crippen LogP contribution is -2.12. The molecule has 0 bridgehead atoms. The molecule has 0 unspecified atom stereocenters. The molecular weight excluding hydrogens is 312 g/mol. The van der Waals surface area contributed by atoms with Gasteiger partial charge in [0.1, 0.15) is 0 Å². The van der Waals surface area contributed by atoms with Crippen molar-refractivity contribution < 1.29 is 0 Å². The molecule has 26 heavy (non-hydrogen) atoms. The average molecular weight is 365 g/mol. The Bertz CT molecular complexity index is 274.